The number of fused-ring (bicyclic) bond motifs is 1. The number of hydrogen-bond donors (Lipinski definition) is 2. The number of alkyl halides is 2. The first kappa shape index (κ1) is 25.3. The second kappa shape index (κ2) is 10.5. The molecule has 0 spiro atoms. The lowest BCUT2D eigenvalue weighted by Gasteiger charge is -2.29. The van der Waals surface area contributed by atoms with Crippen molar-refractivity contribution in [3.8, 4) is 5.88 Å². The number of nitrogens with one attached hydrogen (secondary N) is 1. The van der Waals surface area contributed by atoms with Crippen molar-refractivity contribution in [2.45, 2.75) is 50.9 Å². The highest BCUT2D eigenvalue weighted by Crippen LogP contribution is 2.34. The minimum Gasteiger partial charge on any atom is -0.475 e. The van der Waals surface area contributed by atoms with Gasteiger partial charge >= 0.3 is 5.92 Å². The van der Waals surface area contributed by atoms with E-state index in [2.05, 4.69) is 10.3 Å². The van der Waals surface area contributed by atoms with Gasteiger partial charge in [0, 0.05) is 34.8 Å². The number of pyridine rings is 1. The van der Waals surface area contributed by atoms with Gasteiger partial charge in [-0.3, -0.25) is 4.79 Å². The number of halogens is 3. The van der Waals surface area contributed by atoms with Crippen LogP contribution in [-0.4, -0.2) is 52.7 Å². The Morgan fingerprint density at radius 1 is 1.26 bits per heavy atom. The molecule has 2 N–H and O–H groups in total. The van der Waals surface area contributed by atoms with Gasteiger partial charge in [-0.1, -0.05) is 11.6 Å². The molecule has 1 saturated heterocycles. The fourth-order valence-electron chi connectivity index (χ4n) is 4.12. The number of benzene rings is 1. The maximum absolute atomic E-state index is 15.1. The fraction of sp³-hybridized carbons (Fsp3) is 0.440. The van der Waals surface area contributed by atoms with Crippen molar-refractivity contribution in [2.75, 3.05) is 19.6 Å². The third-order valence-electron chi connectivity index (χ3n) is 5.88. The van der Waals surface area contributed by atoms with Gasteiger partial charge in [-0.05, 0) is 70.1 Å². The molecule has 188 valence electrons. The second-order valence-corrected chi connectivity index (χ2v) is 9.43. The third kappa shape index (κ3) is 5.91. The molecule has 1 aliphatic rings. The molecule has 1 aromatic carbocycles. The standard InChI is InChI=1S/C25H28ClF2N3O4/c1-15(2)34-22-8-5-16(13-29-22)23(32)19(14-31-9-3-4-10-31)30-24(33)25(27,28)21-12-17-11-18(26)6-7-20(17)35-21/h5-8,11-13,15,19,23,32H,3-4,9-10,14H2,1-2H3,(H,30,33)/t19-,23-/m1/s1. The monoisotopic (exact) mass is 507 g/mol. The van der Waals surface area contributed by atoms with Crippen molar-refractivity contribution >= 4 is 28.5 Å². The molecule has 0 aliphatic carbocycles. The molecule has 1 amide bonds. The fourth-order valence-corrected chi connectivity index (χ4v) is 4.30. The molecule has 0 bridgehead atoms. The van der Waals surface area contributed by atoms with Crippen LogP contribution in [0.3, 0.4) is 0 Å². The average Bonchev–Trinajstić information content (AvgIpc) is 3.48. The van der Waals surface area contributed by atoms with Crippen LogP contribution in [0.5, 0.6) is 5.88 Å². The Kier molecular flexibility index (Phi) is 7.59. The lowest BCUT2D eigenvalue weighted by molar-refractivity contribution is -0.151. The number of carbonyl (C=O) groups is 1. The van der Waals surface area contributed by atoms with Crippen LogP contribution in [-0.2, 0) is 10.7 Å². The SMILES string of the molecule is CC(C)Oc1ccc([C@@H](O)[C@@H](CN2CCCC2)NC(=O)C(F)(F)c2cc3cc(Cl)ccc3o2)cn1. The van der Waals surface area contributed by atoms with E-state index in [0.717, 1.165) is 32.0 Å². The average molecular weight is 508 g/mol. The number of ether oxygens (including phenoxy) is 1. The molecule has 10 heteroatoms. The van der Waals surface area contributed by atoms with Crippen molar-refractivity contribution in [2.24, 2.45) is 0 Å². The van der Waals surface area contributed by atoms with Gasteiger partial charge in [-0.2, -0.15) is 8.78 Å². The van der Waals surface area contributed by atoms with Crippen molar-refractivity contribution in [1.82, 2.24) is 15.2 Å². The first-order valence-electron chi connectivity index (χ1n) is 11.5. The Morgan fingerprint density at radius 2 is 2.00 bits per heavy atom. The zero-order valence-electron chi connectivity index (χ0n) is 19.5. The largest absolute Gasteiger partial charge is 0.475 e. The Morgan fingerprint density at radius 3 is 2.66 bits per heavy atom. The molecule has 0 radical (unpaired) electrons. The summed E-state index contributed by atoms with van der Waals surface area (Å²) in [6, 6.07) is 7.78. The highest BCUT2D eigenvalue weighted by atomic mass is 35.5. The Labute approximate surface area is 207 Å². The normalized spacial score (nSPS) is 16.5. The Hall–Kier alpha value is -2.75. The van der Waals surface area contributed by atoms with E-state index in [-0.39, 0.29) is 18.2 Å². The number of rotatable bonds is 9. The number of furan rings is 1. The van der Waals surface area contributed by atoms with Crippen molar-refractivity contribution in [3.05, 3.63) is 58.9 Å². The Balaban J connectivity index is 1.55. The molecule has 7 nitrogen and oxygen atoms in total. The summed E-state index contributed by atoms with van der Waals surface area (Å²) in [5.41, 5.74) is 0.576. The van der Waals surface area contributed by atoms with Crippen molar-refractivity contribution in [1.29, 1.82) is 0 Å². The quantitative estimate of drug-likeness (QED) is 0.437. The molecular weight excluding hydrogens is 480 g/mol. The van der Waals surface area contributed by atoms with Gasteiger partial charge in [0.05, 0.1) is 12.1 Å². The number of carbonyl (C=O) groups excluding carboxylic acids is 1. The minimum absolute atomic E-state index is 0.0722. The summed E-state index contributed by atoms with van der Waals surface area (Å²) in [5.74, 6) is -5.92. The van der Waals surface area contributed by atoms with E-state index >= 15 is 8.78 Å². The number of aliphatic hydroxyl groups excluding tert-OH is 1. The molecule has 1 fully saturated rings. The third-order valence-corrected chi connectivity index (χ3v) is 6.12. The number of likely N-dealkylation sites (tertiary alicyclic amines) is 1. The van der Waals surface area contributed by atoms with Gasteiger partial charge in [0.15, 0.2) is 5.76 Å². The van der Waals surface area contributed by atoms with Crippen LogP contribution in [0.25, 0.3) is 11.0 Å². The summed E-state index contributed by atoms with van der Waals surface area (Å²) in [5, 5.41) is 14.1. The van der Waals surface area contributed by atoms with Crippen LogP contribution in [0, 0.1) is 0 Å². The summed E-state index contributed by atoms with van der Waals surface area (Å²) in [6.07, 6.45) is 2.03. The van der Waals surface area contributed by atoms with E-state index in [0.29, 0.717) is 21.9 Å². The predicted octanol–water partition coefficient (Wildman–Crippen LogP) is 4.67. The number of amides is 1. The van der Waals surface area contributed by atoms with Gasteiger partial charge in [0.2, 0.25) is 5.88 Å². The molecule has 1 aliphatic heterocycles. The van der Waals surface area contributed by atoms with E-state index in [9.17, 15) is 9.90 Å². The zero-order valence-corrected chi connectivity index (χ0v) is 20.3. The summed E-state index contributed by atoms with van der Waals surface area (Å²) in [7, 11) is 0. The molecule has 2 aromatic heterocycles. The van der Waals surface area contributed by atoms with E-state index < -0.39 is 29.7 Å². The first-order chi connectivity index (χ1) is 16.6. The summed E-state index contributed by atoms with van der Waals surface area (Å²) >= 11 is 5.93. The highest BCUT2D eigenvalue weighted by Gasteiger charge is 2.46. The second-order valence-electron chi connectivity index (χ2n) is 9.00. The zero-order chi connectivity index (χ0) is 25.2. The van der Waals surface area contributed by atoms with E-state index in [1.165, 1.54) is 24.4 Å². The number of nitrogens with zero attached hydrogens (tertiary/aromatic N) is 2. The predicted molar refractivity (Wildman–Crippen MR) is 128 cm³/mol. The van der Waals surface area contributed by atoms with Gasteiger partial charge in [0.25, 0.3) is 5.91 Å². The van der Waals surface area contributed by atoms with E-state index in [4.69, 9.17) is 20.8 Å². The number of aliphatic hydroxyl groups is 1. The molecule has 3 heterocycles. The molecule has 2 atom stereocenters. The number of aromatic nitrogens is 1. The van der Waals surface area contributed by atoms with Crippen LogP contribution in [0.4, 0.5) is 8.78 Å². The van der Waals surface area contributed by atoms with Gasteiger partial charge in [-0.15, -0.1) is 0 Å². The molecule has 0 saturated carbocycles. The summed E-state index contributed by atoms with van der Waals surface area (Å²) < 4.78 is 41.0. The minimum atomic E-state index is -3.96. The van der Waals surface area contributed by atoms with Gasteiger partial charge < -0.3 is 24.5 Å². The molecular formula is C25H28ClF2N3O4. The highest BCUT2D eigenvalue weighted by molar-refractivity contribution is 6.31. The summed E-state index contributed by atoms with van der Waals surface area (Å²) in [4.78, 5) is 19.0. The maximum Gasteiger partial charge on any atom is 0.380 e. The van der Waals surface area contributed by atoms with Crippen molar-refractivity contribution in [3.63, 3.8) is 0 Å². The lowest BCUT2D eigenvalue weighted by Crippen LogP contribution is -2.50. The first-order valence-corrected chi connectivity index (χ1v) is 11.9. The van der Waals surface area contributed by atoms with Crippen molar-refractivity contribution < 1.29 is 27.8 Å². The molecule has 3 aromatic rings. The summed E-state index contributed by atoms with van der Waals surface area (Å²) in [6.45, 7) is 5.47. The number of hydrogen-bond acceptors (Lipinski definition) is 6. The lowest BCUT2D eigenvalue weighted by atomic mass is 10.0. The molecule has 0 unspecified atom stereocenters. The van der Waals surface area contributed by atoms with Crippen LogP contribution in [0.1, 0.15) is 44.1 Å². The maximum atomic E-state index is 15.1. The van der Waals surface area contributed by atoms with Gasteiger partial charge in [0.1, 0.15) is 11.7 Å². The molecule has 35 heavy (non-hydrogen) atoms. The van der Waals surface area contributed by atoms with Crippen LogP contribution in [0.15, 0.2) is 47.0 Å². The Bertz CT molecular complexity index is 1160. The van der Waals surface area contributed by atoms with Crippen LogP contribution < -0.4 is 10.1 Å². The van der Waals surface area contributed by atoms with Crippen LogP contribution >= 0.6 is 11.6 Å². The van der Waals surface area contributed by atoms with E-state index in [1.54, 1.807) is 12.1 Å². The van der Waals surface area contributed by atoms with E-state index in [1.807, 2.05) is 18.7 Å². The van der Waals surface area contributed by atoms with Crippen LogP contribution in [0.2, 0.25) is 5.02 Å². The smallest absolute Gasteiger partial charge is 0.380 e. The molecule has 4 rings (SSSR count). The van der Waals surface area contributed by atoms with Gasteiger partial charge in [-0.25, -0.2) is 4.98 Å². The topological polar surface area (TPSA) is 87.8 Å².